The van der Waals surface area contributed by atoms with Crippen LogP contribution in [0.5, 0.6) is 0 Å². The van der Waals surface area contributed by atoms with Gasteiger partial charge in [-0.25, -0.2) is 13.1 Å². The number of ether oxygens (including phenoxy) is 1. The Hall–Kier alpha value is 0.600. The monoisotopic (exact) mass is 343 g/mol. The van der Waals surface area contributed by atoms with Crippen molar-refractivity contribution in [3.63, 3.8) is 0 Å². The van der Waals surface area contributed by atoms with E-state index >= 15 is 0 Å². The second-order valence-corrected chi connectivity index (χ2v) is 8.45. The lowest BCUT2D eigenvalue weighted by Crippen LogP contribution is -2.41. The van der Waals surface area contributed by atoms with Crippen LogP contribution in [0.2, 0.25) is 0 Å². The molecule has 3 rings (SSSR count). The Kier molecular flexibility index (Phi) is 2.36. The molecule has 15 heavy (non-hydrogen) atoms. The lowest BCUT2D eigenvalue weighted by atomic mass is 9.93. The highest BCUT2D eigenvalue weighted by atomic mass is 127. The van der Waals surface area contributed by atoms with E-state index in [-0.39, 0.29) is 21.5 Å². The summed E-state index contributed by atoms with van der Waals surface area (Å²) in [6, 6.07) is 0.0518. The molecule has 0 spiro atoms. The van der Waals surface area contributed by atoms with Crippen LogP contribution in [0.25, 0.3) is 0 Å². The highest BCUT2D eigenvalue weighted by Gasteiger charge is 2.63. The van der Waals surface area contributed by atoms with Crippen LogP contribution in [-0.4, -0.2) is 29.9 Å². The first-order valence-corrected chi connectivity index (χ1v) is 8.09. The van der Waals surface area contributed by atoms with Gasteiger partial charge in [0, 0.05) is 0 Å². The van der Waals surface area contributed by atoms with Gasteiger partial charge >= 0.3 is 0 Å². The Balaban J connectivity index is 1.88. The summed E-state index contributed by atoms with van der Waals surface area (Å²) >= 11 is 2.22. The molecule has 6 unspecified atom stereocenters. The number of alkyl halides is 1. The number of hydrogen-bond donors (Lipinski definition) is 1. The minimum absolute atomic E-state index is 0.0518. The molecular formula is C9H14INO3S. The molecule has 3 fully saturated rings. The van der Waals surface area contributed by atoms with Crippen LogP contribution in [0.15, 0.2) is 0 Å². The van der Waals surface area contributed by atoms with Gasteiger partial charge in [-0.15, -0.1) is 0 Å². The van der Waals surface area contributed by atoms with Crippen LogP contribution >= 0.6 is 22.6 Å². The van der Waals surface area contributed by atoms with Crippen molar-refractivity contribution in [1.82, 2.24) is 4.72 Å². The highest BCUT2D eigenvalue weighted by molar-refractivity contribution is 14.1. The van der Waals surface area contributed by atoms with E-state index in [9.17, 15) is 8.42 Å². The number of sulfonamides is 1. The maximum atomic E-state index is 11.7. The Morgan fingerprint density at radius 2 is 2.20 bits per heavy atom. The van der Waals surface area contributed by atoms with Gasteiger partial charge in [-0.2, -0.15) is 0 Å². The van der Waals surface area contributed by atoms with E-state index in [1.807, 2.05) is 6.92 Å². The van der Waals surface area contributed by atoms with Crippen molar-refractivity contribution in [2.24, 2.45) is 11.8 Å². The summed E-state index contributed by atoms with van der Waals surface area (Å²) in [5.74, 6) is 0.757. The molecule has 1 saturated heterocycles. The zero-order valence-corrected chi connectivity index (χ0v) is 11.4. The maximum absolute atomic E-state index is 11.7. The Bertz CT molecular complexity index is 383. The van der Waals surface area contributed by atoms with E-state index in [2.05, 4.69) is 27.3 Å². The smallest absolute Gasteiger partial charge is 0.215 e. The molecule has 1 aliphatic heterocycles. The summed E-state index contributed by atoms with van der Waals surface area (Å²) in [5, 5.41) is -0.128. The number of fused-ring (bicyclic) bond motifs is 1. The summed E-state index contributed by atoms with van der Waals surface area (Å²) < 4.78 is 32.2. The molecule has 4 nitrogen and oxygen atoms in total. The topological polar surface area (TPSA) is 55.4 Å². The van der Waals surface area contributed by atoms with Gasteiger partial charge in [0.2, 0.25) is 10.0 Å². The van der Waals surface area contributed by atoms with Crippen LogP contribution < -0.4 is 4.72 Å². The molecule has 0 aromatic rings. The summed E-state index contributed by atoms with van der Waals surface area (Å²) in [5.41, 5.74) is 0. The van der Waals surface area contributed by atoms with E-state index in [1.54, 1.807) is 0 Å². The van der Waals surface area contributed by atoms with Gasteiger partial charge < -0.3 is 4.74 Å². The van der Waals surface area contributed by atoms with Crippen LogP contribution in [-0.2, 0) is 14.8 Å². The zero-order valence-electron chi connectivity index (χ0n) is 8.39. The normalized spacial score (nSPS) is 52.3. The van der Waals surface area contributed by atoms with Gasteiger partial charge in [0.25, 0.3) is 0 Å². The van der Waals surface area contributed by atoms with E-state index < -0.39 is 10.0 Å². The van der Waals surface area contributed by atoms with Crippen molar-refractivity contribution < 1.29 is 13.2 Å². The van der Waals surface area contributed by atoms with Crippen molar-refractivity contribution in [2.45, 2.75) is 41.3 Å². The van der Waals surface area contributed by atoms with E-state index in [0.717, 1.165) is 12.8 Å². The zero-order chi connectivity index (χ0) is 10.8. The number of halogens is 1. The van der Waals surface area contributed by atoms with Crippen molar-refractivity contribution in [1.29, 1.82) is 0 Å². The summed E-state index contributed by atoms with van der Waals surface area (Å²) in [7, 11) is -3.03. The van der Waals surface area contributed by atoms with Crippen molar-refractivity contribution >= 4 is 32.6 Å². The maximum Gasteiger partial charge on any atom is 0.215 e. The fourth-order valence-corrected chi connectivity index (χ4v) is 5.90. The van der Waals surface area contributed by atoms with Crippen molar-refractivity contribution in [3.8, 4) is 0 Å². The molecule has 2 bridgehead atoms. The van der Waals surface area contributed by atoms with E-state index in [4.69, 9.17) is 4.74 Å². The van der Waals surface area contributed by atoms with E-state index in [1.165, 1.54) is 0 Å². The molecule has 86 valence electrons. The van der Waals surface area contributed by atoms with Gasteiger partial charge in [-0.1, -0.05) is 22.6 Å². The predicted octanol–water partition coefficient (Wildman–Crippen LogP) is 0.863. The largest absolute Gasteiger partial charge is 0.363 e. The number of rotatable bonds is 2. The first-order valence-electron chi connectivity index (χ1n) is 5.30. The van der Waals surface area contributed by atoms with Crippen LogP contribution in [0.1, 0.15) is 19.8 Å². The fraction of sp³-hybridized carbons (Fsp3) is 1.00. The van der Waals surface area contributed by atoms with Crippen molar-refractivity contribution in [3.05, 3.63) is 0 Å². The molecule has 1 heterocycles. The fourth-order valence-electron chi connectivity index (χ4n) is 3.45. The van der Waals surface area contributed by atoms with Crippen molar-refractivity contribution in [2.75, 3.05) is 0 Å². The summed E-state index contributed by atoms with van der Waals surface area (Å²) in [4.78, 5) is 0. The van der Waals surface area contributed by atoms with Gasteiger partial charge in [-0.3, -0.25) is 0 Å². The van der Waals surface area contributed by atoms with Gasteiger partial charge in [0.1, 0.15) is 4.11 Å². The average Bonchev–Trinajstić information content (AvgIpc) is 2.67. The van der Waals surface area contributed by atoms with Gasteiger partial charge in [-0.05, 0) is 31.6 Å². The Morgan fingerprint density at radius 1 is 1.47 bits per heavy atom. The third-order valence-electron chi connectivity index (χ3n) is 3.91. The quantitative estimate of drug-likeness (QED) is 0.598. The third kappa shape index (κ3) is 1.48. The lowest BCUT2D eigenvalue weighted by molar-refractivity contribution is 0.00466. The minimum atomic E-state index is -3.03. The second-order valence-electron chi connectivity index (χ2n) is 4.77. The molecule has 0 aromatic carbocycles. The minimum Gasteiger partial charge on any atom is -0.363 e. The number of hydrogen-bond acceptors (Lipinski definition) is 3. The van der Waals surface area contributed by atoms with E-state index in [0.29, 0.717) is 11.8 Å². The molecule has 6 atom stereocenters. The SMILES string of the molecule is CC(I)OC1C2CC3C1NS(=O)(=O)C3C2. The first-order chi connectivity index (χ1) is 6.99. The Morgan fingerprint density at radius 3 is 2.87 bits per heavy atom. The second kappa shape index (κ2) is 3.30. The molecule has 6 heteroatoms. The molecular weight excluding hydrogens is 329 g/mol. The van der Waals surface area contributed by atoms with Crippen LogP contribution in [0, 0.1) is 11.8 Å². The van der Waals surface area contributed by atoms with Crippen LogP contribution in [0.4, 0.5) is 0 Å². The summed E-state index contributed by atoms with van der Waals surface area (Å²) in [6.07, 6.45) is 1.93. The molecule has 2 saturated carbocycles. The molecule has 2 aliphatic carbocycles. The number of nitrogens with one attached hydrogen (secondary N) is 1. The molecule has 0 aromatic heterocycles. The first kappa shape index (κ1) is 10.7. The molecule has 1 N–H and O–H groups in total. The van der Waals surface area contributed by atoms with Crippen LogP contribution in [0.3, 0.4) is 0 Å². The Labute approximate surface area is 103 Å². The lowest BCUT2D eigenvalue weighted by Gasteiger charge is -2.27. The molecule has 0 amide bonds. The van der Waals surface area contributed by atoms with Gasteiger partial charge in [0.05, 0.1) is 17.4 Å². The van der Waals surface area contributed by atoms with Gasteiger partial charge in [0.15, 0.2) is 0 Å². The molecule has 3 aliphatic rings. The average molecular weight is 343 g/mol. The highest BCUT2D eigenvalue weighted by Crippen LogP contribution is 2.52. The predicted molar refractivity (Wildman–Crippen MR) is 64.2 cm³/mol. The standard InChI is InChI=1S/C9H14INO3S/c1-4(10)14-9-5-2-6-7(3-5)15(12,13)11-8(6)9/h4-9,11H,2-3H2,1H3. The third-order valence-corrected chi connectivity index (χ3v) is 6.14. The molecule has 0 radical (unpaired) electrons. The summed E-state index contributed by atoms with van der Waals surface area (Å²) in [6.45, 7) is 1.99.